The van der Waals surface area contributed by atoms with Gasteiger partial charge in [0.15, 0.2) is 5.65 Å². The van der Waals surface area contributed by atoms with Crippen LogP contribution in [0.25, 0.3) is 5.65 Å². The quantitative estimate of drug-likeness (QED) is 0.568. The van der Waals surface area contributed by atoms with Gasteiger partial charge in [-0.3, -0.25) is 9.78 Å². The number of carbonyl (C=O) groups is 1. The number of halogens is 1. The Morgan fingerprint density at radius 3 is 2.85 bits per heavy atom. The molecule has 4 rings (SSSR count). The molecule has 3 aromatic heterocycles. The number of amides is 1. The molecule has 1 amide bonds. The number of carbonyl (C=O) groups excluding carboxylic acids is 1. The fraction of sp³-hybridized carbons (Fsp3) is 0.520. The van der Waals surface area contributed by atoms with Crippen molar-refractivity contribution in [2.75, 3.05) is 6.61 Å². The molecule has 8 heteroatoms. The summed E-state index contributed by atoms with van der Waals surface area (Å²) < 4.78 is 15.3. The molecule has 3 aromatic rings. The van der Waals surface area contributed by atoms with Crippen LogP contribution in [0, 0.1) is 23.6 Å². The fourth-order valence-electron chi connectivity index (χ4n) is 4.96. The molecule has 1 fully saturated rings. The molecular formula is C25H32FN5O2. The van der Waals surface area contributed by atoms with Gasteiger partial charge in [-0.15, -0.1) is 0 Å². The SMILES string of the molecule is CC(C)C(CO)NC(=O)c1cnn2ccc(CC3CCCC(c4cncc(F)c4)C3C)nc12. The topological polar surface area (TPSA) is 92.4 Å². The molecular weight excluding hydrogens is 421 g/mol. The molecule has 3 heterocycles. The highest BCUT2D eigenvalue weighted by Crippen LogP contribution is 2.42. The predicted octanol–water partition coefficient (Wildman–Crippen LogP) is 3.77. The molecule has 33 heavy (non-hydrogen) atoms. The molecule has 4 unspecified atom stereocenters. The van der Waals surface area contributed by atoms with Crippen molar-refractivity contribution in [1.82, 2.24) is 24.9 Å². The Morgan fingerprint density at radius 2 is 2.12 bits per heavy atom. The van der Waals surface area contributed by atoms with Gasteiger partial charge in [0.2, 0.25) is 0 Å². The van der Waals surface area contributed by atoms with Crippen LogP contribution in [-0.2, 0) is 6.42 Å². The number of nitrogens with zero attached hydrogens (tertiary/aromatic N) is 4. The number of aliphatic hydroxyl groups is 1. The summed E-state index contributed by atoms with van der Waals surface area (Å²) in [6, 6.07) is 3.23. The first kappa shape index (κ1) is 23.3. The smallest absolute Gasteiger partial charge is 0.257 e. The van der Waals surface area contributed by atoms with Crippen molar-refractivity contribution in [3.8, 4) is 0 Å². The second-order valence-electron chi connectivity index (χ2n) is 9.55. The van der Waals surface area contributed by atoms with Gasteiger partial charge in [0.1, 0.15) is 11.4 Å². The highest BCUT2D eigenvalue weighted by atomic mass is 19.1. The zero-order valence-electron chi connectivity index (χ0n) is 19.4. The number of fused-ring (bicyclic) bond motifs is 1. The van der Waals surface area contributed by atoms with Crippen LogP contribution in [-0.4, -0.2) is 43.2 Å². The van der Waals surface area contributed by atoms with Gasteiger partial charge < -0.3 is 10.4 Å². The van der Waals surface area contributed by atoms with E-state index in [1.807, 2.05) is 26.1 Å². The molecule has 1 aliphatic rings. The maximum atomic E-state index is 13.7. The summed E-state index contributed by atoms with van der Waals surface area (Å²) in [6.07, 6.45) is 10.4. The zero-order chi connectivity index (χ0) is 23.5. The van der Waals surface area contributed by atoms with Crippen molar-refractivity contribution in [3.63, 3.8) is 0 Å². The summed E-state index contributed by atoms with van der Waals surface area (Å²) in [6.45, 7) is 6.01. The molecule has 0 aromatic carbocycles. The van der Waals surface area contributed by atoms with E-state index in [1.54, 1.807) is 16.8 Å². The third-order valence-corrected chi connectivity index (χ3v) is 7.08. The molecule has 176 valence electrons. The molecule has 1 saturated carbocycles. The Balaban J connectivity index is 1.53. The van der Waals surface area contributed by atoms with Crippen LogP contribution < -0.4 is 5.32 Å². The van der Waals surface area contributed by atoms with Crippen molar-refractivity contribution in [2.45, 2.75) is 58.4 Å². The maximum Gasteiger partial charge on any atom is 0.257 e. The van der Waals surface area contributed by atoms with Gasteiger partial charge in [-0.05, 0) is 60.6 Å². The Hall–Kier alpha value is -2.87. The molecule has 1 aliphatic carbocycles. The Labute approximate surface area is 193 Å². The van der Waals surface area contributed by atoms with Gasteiger partial charge >= 0.3 is 0 Å². The van der Waals surface area contributed by atoms with E-state index in [9.17, 15) is 14.3 Å². The van der Waals surface area contributed by atoms with Crippen LogP contribution in [0.15, 0.2) is 36.9 Å². The lowest BCUT2D eigenvalue weighted by molar-refractivity contribution is 0.0898. The summed E-state index contributed by atoms with van der Waals surface area (Å²) in [4.78, 5) is 21.6. The first-order chi connectivity index (χ1) is 15.9. The number of aliphatic hydroxyl groups excluding tert-OH is 1. The third-order valence-electron chi connectivity index (χ3n) is 7.08. The number of hydrogen-bond donors (Lipinski definition) is 2. The minimum absolute atomic E-state index is 0.110. The van der Waals surface area contributed by atoms with Crippen LogP contribution >= 0.6 is 0 Å². The second kappa shape index (κ2) is 9.95. The molecule has 0 saturated heterocycles. The van der Waals surface area contributed by atoms with Crippen molar-refractivity contribution in [1.29, 1.82) is 0 Å². The van der Waals surface area contributed by atoms with E-state index in [4.69, 9.17) is 4.98 Å². The van der Waals surface area contributed by atoms with Gasteiger partial charge in [-0.2, -0.15) is 5.10 Å². The highest BCUT2D eigenvalue weighted by molar-refractivity contribution is 5.99. The van der Waals surface area contributed by atoms with Crippen molar-refractivity contribution in [2.24, 2.45) is 17.8 Å². The lowest BCUT2D eigenvalue weighted by Gasteiger charge is -2.36. The van der Waals surface area contributed by atoms with E-state index in [0.29, 0.717) is 23.0 Å². The van der Waals surface area contributed by atoms with Crippen LogP contribution in [0.2, 0.25) is 0 Å². The third kappa shape index (κ3) is 5.05. The van der Waals surface area contributed by atoms with Crippen molar-refractivity contribution >= 4 is 11.6 Å². The van der Waals surface area contributed by atoms with Crippen LogP contribution in [0.3, 0.4) is 0 Å². The van der Waals surface area contributed by atoms with Gasteiger partial charge in [0, 0.05) is 18.1 Å². The summed E-state index contributed by atoms with van der Waals surface area (Å²) >= 11 is 0. The Bertz CT molecular complexity index is 1120. The zero-order valence-corrected chi connectivity index (χ0v) is 19.4. The van der Waals surface area contributed by atoms with Crippen molar-refractivity contribution < 1.29 is 14.3 Å². The number of rotatable bonds is 7. The van der Waals surface area contributed by atoms with Gasteiger partial charge in [-0.25, -0.2) is 13.9 Å². The van der Waals surface area contributed by atoms with E-state index >= 15 is 0 Å². The van der Waals surface area contributed by atoms with E-state index in [0.717, 1.165) is 36.9 Å². The normalized spacial score (nSPS) is 21.9. The number of nitrogens with one attached hydrogen (secondary N) is 1. The largest absolute Gasteiger partial charge is 0.394 e. The average Bonchev–Trinajstić information content (AvgIpc) is 3.22. The molecule has 0 bridgehead atoms. The fourth-order valence-corrected chi connectivity index (χ4v) is 4.96. The first-order valence-corrected chi connectivity index (χ1v) is 11.7. The summed E-state index contributed by atoms with van der Waals surface area (Å²) in [5, 5.41) is 16.7. The number of aromatic nitrogens is 4. The van der Waals surface area contributed by atoms with Crippen molar-refractivity contribution in [3.05, 3.63) is 59.6 Å². The van der Waals surface area contributed by atoms with Gasteiger partial charge in [-0.1, -0.05) is 27.2 Å². The predicted molar refractivity (Wildman–Crippen MR) is 123 cm³/mol. The van der Waals surface area contributed by atoms with Gasteiger partial charge in [0.05, 0.1) is 25.0 Å². The summed E-state index contributed by atoms with van der Waals surface area (Å²) in [7, 11) is 0. The molecule has 7 nitrogen and oxygen atoms in total. The Morgan fingerprint density at radius 1 is 1.30 bits per heavy atom. The molecule has 0 spiro atoms. The highest BCUT2D eigenvalue weighted by Gasteiger charge is 2.32. The second-order valence-corrected chi connectivity index (χ2v) is 9.55. The molecule has 4 atom stereocenters. The number of hydrogen-bond acceptors (Lipinski definition) is 5. The van der Waals surface area contributed by atoms with Crippen LogP contribution in [0.5, 0.6) is 0 Å². The molecule has 2 N–H and O–H groups in total. The average molecular weight is 454 g/mol. The van der Waals surface area contributed by atoms with E-state index in [1.165, 1.54) is 12.4 Å². The molecule has 0 radical (unpaired) electrons. The van der Waals surface area contributed by atoms with Crippen LogP contribution in [0.4, 0.5) is 4.39 Å². The standard InChI is InChI=1S/C25H32FN5O2/c1-15(2)23(14-32)30-25(33)22-13-28-31-8-7-20(29-24(22)31)10-17-5-4-6-21(16(17)3)18-9-19(26)12-27-11-18/h7-9,11-13,15-17,21,23,32H,4-6,10,14H2,1-3H3,(H,30,33). The maximum absolute atomic E-state index is 13.7. The first-order valence-electron chi connectivity index (χ1n) is 11.7. The lowest BCUT2D eigenvalue weighted by Crippen LogP contribution is -2.41. The van der Waals surface area contributed by atoms with E-state index in [2.05, 4.69) is 22.3 Å². The minimum Gasteiger partial charge on any atom is -0.394 e. The number of pyridine rings is 1. The molecule has 0 aliphatic heterocycles. The minimum atomic E-state index is -0.326. The van der Waals surface area contributed by atoms with E-state index < -0.39 is 0 Å². The summed E-state index contributed by atoms with van der Waals surface area (Å²) in [5.74, 6) is 0.580. The van der Waals surface area contributed by atoms with Crippen LogP contribution in [0.1, 0.15) is 67.6 Å². The lowest BCUT2D eigenvalue weighted by atomic mass is 9.69. The van der Waals surface area contributed by atoms with Gasteiger partial charge in [0.25, 0.3) is 5.91 Å². The monoisotopic (exact) mass is 453 g/mol. The summed E-state index contributed by atoms with van der Waals surface area (Å²) in [5.41, 5.74) is 2.79. The Kier molecular flexibility index (Phi) is 7.02. The van der Waals surface area contributed by atoms with E-state index in [-0.39, 0.29) is 36.2 Å².